The number of H-pyrrole nitrogens is 1. The number of thioether (sulfide) groups is 1. The van der Waals surface area contributed by atoms with Crippen molar-refractivity contribution < 1.29 is 14.0 Å². The number of nitrogens with zero attached hydrogens (tertiary/aromatic N) is 1. The van der Waals surface area contributed by atoms with Crippen molar-refractivity contribution in [1.29, 1.82) is 0 Å². The maximum Gasteiger partial charge on any atom is 0.253 e. The summed E-state index contributed by atoms with van der Waals surface area (Å²) in [5.74, 6) is 0.285. The highest BCUT2D eigenvalue weighted by molar-refractivity contribution is 8.02. The molecule has 8 heteroatoms. The number of nitrogens with one attached hydrogen (secondary N) is 3. The van der Waals surface area contributed by atoms with Crippen LogP contribution in [0.2, 0.25) is 0 Å². The third-order valence-electron chi connectivity index (χ3n) is 6.47. The third-order valence-corrected chi connectivity index (χ3v) is 7.53. The first kappa shape index (κ1) is 31.9. The van der Waals surface area contributed by atoms with Gasteiger partial charge in [0.25, 0.3) is 5.91 Å². The van der Waals surface area contributed by atoms with Gasteiger partial charge >= 0.3 is 0 Å². The predicted molar refractivity (Wildman–Crippen MR) is 162 cm³/mol. The highest BCUT2D eigenvalue weighted by Crippen LogP contribution is 2.27. The summed E-state index contributed by atoms with van der Waals surface area (Å²) in [5.41, 5.74) is 6.32. The lowest BCUT2D eigenvalue weighted by molar-refractivity contribution is -0.108. The van der Waals surface area contributed by atoms with Crippen molar-refractivity contribution in [3.63, 3.8) is 0 Å². The van der Waals surface area contributed by atoms with E-state index in [1.807, 2.05) is 39.8 Å². The summed E-state index contributed by atoms with van der Waals surface area (Å²) in [7, 11) is 0. The van der Waals surface area contributed by atoms with Gasteiger partial charge in [-0.3, -0.25) is 9.59 Å². The topological polar surface area (TPSA) is 77.2 Å². The fraction of sp³-hybridized carbons (Fsp3) is 0.355. The van der Waals surface area contributed by atoms with Crippen LogP contribution in [-0.2, 0) is 10.5 Å². The van der Waals surface area contributed by atoms with Gasteiger partial charge in [0.2, 0.25) is 6.41 Å². The molecule has 0 radical (unpaired) electrons. The molecule has 0 unspecified atom stereocenters. The molecule has 2 rings (SSSR count). The van der Waals surface area contributed by atoms with Gasteiger partial charge in [-0.05, 0) is 99.5 Å². The molecule has 1 aromatic carbocycles. The van der Waals surface area contributed by atoms with Gasteiger partial charge in [0.05, 0.1) is 5.56 Å². The average Bonchev–Trinajstić information content (AvgIpc) is 3.19. The Kier molecular flexibility index (Phi) is 13.5. The Morgan fingerprint density at radius 3 is 2.56 bits per heavy atom. The van der Waals surface area contributed by atoms with Crippen LogP contribution in [0.4, 0.5) is 4.39 Å². The van der Waals surface area contributed by atoms with E-state index in [1.165, 1.54) is 12.1 Å². The lowest BCUT2D eigenvalue weighted by Gasteiger charge is -2.18. The minimum atomic E-state index is -0.257. The van der Waals surface area contributed by atoms with Crippen LogP contribution < -0.4 is 10.6 Å². The van der Waals surface area contributed by atoms with Gasteiger partial charge in [0.15, 0.2) is 0 Å². The van der Waals surface area contributed by atoms with Crippen LogP contribution in [0.25, 0.3) is 6.08 Å². The number of hydrogen-bond acceptors (Lipinski definition) is 4. The van der Waals surface area contributed by atoms with E-state index in [4.69, 9.17) is 0 Å². The van der Waals surface area contributed by atoms with Gasteiger partial charge in [0, 0.05) is 41.3 Å². The largest absolute Gasteiger partial charge is 0.358 e. The Morgan fingerprint density at radius 2 is 1.90 bits per heavy atom. The number of halogens is 1. The molecule has 6 nitrogen and oxygen atoms in total. The molecule has 1 aromatic heterocycles. The molecular weight excluding hydrogens is 511 g/mol. The molecule has 0 spiro atoms. The predicted octanol–water partition coefficient (Wildman–Crippen LogP) is 6.27. The van der Waals surface area contributed by atoms with Crippen molar-refractivity contribution in [3.8, 4) is 0 Å². The quantitative estimate of drug-likeness (QED) is 0.180. The number of aromatic amines is 1. The van der Waals surface area contributed by atoms with Gasteiger partial charge in [-0.15, -0.1) is 11.8 Å². The highest BCUT2D eigenvalue weighted by atomic mass is 32.2. The lowest BCUT2D eigenvalue weighted by Crippen LogP contribution is -2.35. The van der Waals surface area contributed by atoms with E-state index in [0.717, 1.165) is 58.2 Å². The molecule has 39 heavy (non-hydrogen) atoms. The van der Waals surface area contributed by atoms with Crippen LogP contribution in [-0.4, -0.2) is 48.4 Å². The molecular formula is C31H41FN4O2S. The first-order valence-electron chi connectivity index (χ1n) is 13.2. The Labute approximate surface area is 236 Å². The van der Waals surface area contributed by atoms with Gasteiger partial charge in [-0.25, -0.2) is 4.39 Å². The van der Waals surface area contributed by atoms with Crippen molar-refractivity contribution in [3.05, 3.63) is 98.6 Å². The van der Waals surface area contributed by atoms with E-state index >= 15 is 0 Å². The SMILES string of the molecule is CCN(CC)CCNC(=O)c1c(C)[nH]c(/C=C(C)/C(C)=C/C(=C\C=C\NC=O)SCc2cccc(F)c2)c1C. The summed E-state index contributed by atoms with van der Waals surface area (Å²) < 4.78 is 13.6. The van der Waals surface area contributed by atoms with Crippen molar-refractivity contribution in [1.82, 2.24) is 20.5 Å². The molecule has 3 N–H and O–H groups in total. The second-order valence-electron chi connectivity index (χ2n) is 9.23. The second-order valence-corrected chi connectivity index (χ2v) is 10.3. The molecule has 210 valence electrons. The number of hydrogen-bond donors (Lipinski definition) is 3. The van der Waals surface area contributed by atoms with E-state index in [2.05, 4.69) is 46.5 Å². The van der Waals surface area contributed by atoms with Crippen molar-refractivity contribution in [2.75, 3.05) is 26.2 Å². The molecule has 0 aliphatic rings. The van der Waals surface area contributed by atoms with Gasteiger partial charge in [-0.2, -0.15) is 0 Å². The molecule has 0 fully saturated rings. The summed E-state index contributed by atoms with van der Waals surface area (Å²) in [5, 5.41) is 5.56. The number of aryl methyl sites for hydroxylation is 1. The molecule has 2 aromatic rings. The molecule has 1 heterocycles. The van der Waals surface area contributed by atoms with E-state index < -0.39 is 0 Å². The number of amides is 2. The van der Waals surface area contributed by atoms with Crippen LogP contribution in [0.1, 0.15) is 60.6 Å². The molecule has 0 saturated heterocycles. The number of likely N-dealkylation sites (N-methyl/N-ethyl adjacent to an activating group) is 1. The van der Waals surface area contributed by atoms with Crippen LogP contribution in [0, 0.1) is 19.7 Å². The van der Waals surface area contributed by atoms with Gasteiger partial charge < -0.3 is 20.5 Å². The fourth-order valence-electron chi connectivity index (χ4n) is 4.04. The number of benzene rings is 1. The first-order chi connectivity index (χ1) is 18.7. The molecule has 0 saturated carbocycles. The number of carbonyl (C=O) groups excluding carboxylic acids is 2. The van der Waals surface area contributed by atoms with E-state index in [-0.39, 0.29) is 11.7 Å². The molecule has 0 bridgehead atoms. The standard InChI is InChI=1S/C31H41FN4O2S/c1-7-36(8-2)16-15-34-31(38)30-24(5)29(35-25(30)6)18-23(4)22(3)17-28(13-10-14-33-21-37)39-20-26-11-9-12-27(32)19-26/h9-14,17-19,21,35H,7-8,15-16,20H2,1-6H3,(H,33,37)(H,34,38)/b14-10+,22-17+,23-18+,28-13+. The Bertz CT molecular complexity index is 1240. The summed E-state index contributed by atoms with van der Waals surface area (Å²) in [6.45, 7) is 15.5. The minimum Gasteiger partial charge on any atom is -0.358 e. The van der Waals surface area contributed by atoms with E-state index in [0.29, 0.717) is 24.3 Å². The van der Waals surface area contributed by atoms with E-state index in [1.54, 1.807) is 30.1 Å². The summed E-state index contributed by atoms with van der Waals surface area (Å²) >= 11 is 1.58. The maximum atomic E-state index is 13.6. The third kappa shape index (κ3) is 10.4. The highest BCUT2D eigenvalue weighted by Gasteiger charge is 2.17. The summed E-state index contributed by atoms with van der Waals surface area (Å²) in [6, 6.07) is 6.57. The van der Waals surface area contributed by atoms with Crippen LogP contribution in [0.3, 0.4) is 0 Å². The number of rotatable bonds is 15. The fourth-order valence-corrected chi connectivity index (χ4v) is 4.99. The molecule has 2 amide bonds. The minimum absolute atomic E-state index is 0.0623. The summed E-state index contributed by atoms with van der Waals surface area (Å²) in [6.07, 6.45) is 9.95. The zero-order valence-corrected chi connectivity index (χ0v) is 24.7. The Balaban J connectivity index is 2.21. The molecule has 0 atom stereocenters. The van der Waals surface area contributed by atoms with Crippen molar-refractivity contribution >= 4 is 30.2 Å². The normalized spacial score (nSPS) is 12.9. The monoisotopic (exact) mass is 552 g/mol. The number of allylic oxidation sites excluding steroid dienone is 5. The zero-order valence-electron chi connectivity index (χ0n) is 23.9. The first-order valence-corrected chi connectivity index (χ1v) is 14.2. The average molecular weight is 553 g/mol. The number of carbonyl (C=O) groups is 2. The van der Waals surface area contributed by atoms with Crippen molar-refractivity contribution in [2.24, 2.45) is 0 Å². The maximum absolute atomic E-state index is 13.6. The Hall–Kier alpha value is -3.36. The Morgan fingerprint density at radius 1 is 1.15 bits per heavy atom. The molecule has 0 aliphatic carbocycles. The lowest BCUT2D eigenvalue weighted by atomic mass is 10.0. The summed E-state index contributed by atoms with van der Waals surface area (Å²) in [4.78, 5) is 30.1. The van der Waals surface area contributed by atoms with Gasteiger partial charge in [0.1, 0.15) is 5.82 Å². The van der Waals surface area contributed by atoms with E-state index in [9.17, 15) is 14.0 Å². The second kappa shape index (κ2) is 16.6. The van der Waals surface area contributed by atoms with Gasteiger partial charge in [-0.1, -0.05) is 26.0 Å². The number of aromatic nitrogens is 1. The van der Waals surface area contributed by atoms with Crippen molar-refractivity contribution in [2.45, 2.75) is 47.3 Å². The van der Waals surface area contributed by atoms with Crippen LogP contribution in [0.5, 0.6) is 0 Å². The van der Waals surface area contributed by atoms with Crippen LogP contribution in [0.15, 0.2) is 64.7 Å². The molecule has 0 aliphatic heterocycles. The zero-order chi connectivity index (χ0) is 28.8. The smallest absolute Gasteiger partial charge is 0.253 e. The van der Waals surface area contributed by atoms with Crippen LogP contribution >= 0.6 is 11.8 Å².